The number of likely N-dealkylation sites (N-methyl/N-ethyl adjacent to an activating group) is 1. The van der Waals surface area contributed by atoms with Crippen molar-refractivity contribution in [2.45, 2.75) is 11.8 Å². The highest BCUT2D eigenvalue weighted by molar-refractivity contribution is 6.30. The highest BCUT2D eigenvalue weighted by Gasteiger charge is 2.59. The monoisotopic (exact) mass is 225 g/mol. The lowest BCUT2D eigenvalue weighted by molar-refractivity contribution is 0.363. The van der Waals surface area contributed by atoms with Crippen molar-refractivity contribution < 1.29 is 4.39 Å². The van der Waals surface area contributed by atoms with Gasteiger partial charge >= 0.3 is 0 Å². The first-order valence-electron chi connectivity index (χ1n) is 5.26. The number of hydrogen-bond donors (Lipinski definition) is 0. The molecule has 1 heterocycles. The molecule has 1 saturated carbocycles. The first-order chi connectivity index (χ1) is 7.12. The van der Waals surface area contributed by atoms with Crippen molar-refractivity contribution in [3.63, 3.8) is 0 Å². The van der Waals surface area contributed by atoms with Crippen molar-refractivity contribution in [2.24, 2.45) is 5.92 Å². The molecule has 1 aliphatic carbocycles. The Morgan fingerprint density at radius 1 is 1.53 bits per heavy atom. The van der Waals surface area contributed by atoms with Crippen LogP contribution in [0.1, 0.15) is 12.0 Å². The first-order valence-corrected chi connectivity index (χ1v) is 5.64. The van der Waals surface area contributed by atoms with E-state index < -0.39 is 0 Å². The van der Waals surface area contributed by atoms with Gasteiger partial charge in [0.05, 0.1) is 5.02 Å². The summed E-state index contributed by atoms with van der Waals surface area (Å²) >= 11 is 5.82. The van der Waals surface area contributed by atoms with Gasteiger partial charge in [-0.3, -0.25) is 0 Å². The predicted octanol–water partition coefficient (Wildman–Crippen LogP) is 2.68. The molecule has 1 aromatic rings. The topological polar surface area (TPSA) is 3.24 Å². The molecular formula is C12H13ClFN. The fourth-order valence-electron chi connectivity index (χ4n) is 2.99. The van der Waals surface area contributed by atoms with E-state index >= 15 is 0 Å². The van der Waals surface area contributed by atoms with Gasteiger partial charge in [0, 0.05) is 18.5 Å². The molecule has 0 unspecified atom stereocenters. The lowest BCUT2D eigenvalue weighted by atomic mass is 9.95. The maximum atomic E-state index is 13.1. The van der Waals surface area contributed by atoms with Crippen molar-refractivity contribution in [3.05, 3.63) is 34.6 Å². The van der Waals surface area contributed by atoms with Crippen LogP contribution in [0.3, 0.4) is 0 Å². The predicted molar refractivity (Wildman–Crippen MR) is 58.7 cm³/mol. The Balaban J connectivity index is 1.97. The zero-order valence-electron chi connectivity index (χ0n) is 8.63. The van der Waals surface area contributed by atoms with Crippen LogP contribution in [0, 0.1) is 11.7 Å². The Kier molecular flexibility index (Phi) is 1.89. The maximum absolute atomic E-state index is 13.1. The second-order valence-corrected chi connectivity index (χ2v) is 5.29. The highest BCUT2D eigenvalue weighted by Crippen LogP contribution is 2.58. The zero-order valence-corrected chi connectivity index (χ0v) is 9.39. The summed E-state index contributed by atoms with van der Waals surface area (Å²) in [7, 11) is 2.14. The van der Waals surface area contributed by atoms with Gasteiger partial charge in [-0.15, -0.1) is 0 Å². The van der Waals surface area contributed by atoms with Gasteiger partial charge in [-0.25, -0.2) is 4.39 Å². The van der Waals surface area contributed by atoms with Crippen LogP contribution in [0.15, 0.2) is 18.2 Å². The fourth-order valence-corrected chi connectivity index (χ4v) is 3.17. The number of piperidine rings is 1. The van der Waals surface area contributed by atoms with Crippen LogP contribution in [0.25, 0.3) is 0 Å². The highest BCUT2D eigenvalue weighted by atomic mass is 35.5. The van der Waals surface area contributed by atoms with Gasteiger partial charge in [-0.1, -0.05) is 17.7 Å². The third kappa shape index (κ3) is 1.31. The van der Waals surface area contributed by atoms with E-state index in [0.29, 0.717) is 0 Å². The van der Waals surface area contributed by atoms with E-state index in [0.717, 1.165) is 19.0 Å². The summed E-state index contributed by atoms with van der Waals surface area (Å²) in [6, 6.07) is 5.18. The van der Waals surface area contributed by atoms with E-state index in [2.05, 4.69) is 11.9 Å². The zero-order chi connectivity index (χ0) is 10.6. The number of hydrogen-bond acceptors (Lipinski definition) is 1. The van der Waals surface area contributed by atoms with Crippen LogP contribution in [-0.4, -0.2) is 25.0 Å². The minimum absolute atomic E-state index is 0.252. The molecule has 2 fully saturated rings. The quantitative estimate of drug-likeness (QED) is 0.711. The van der Waals surface area contributed by atoms with Crippen molar-refractivity contribution in [1.29, 1.82) is 0 Å². The van der Waals surface area contributed by atoms with Gasteiger partial charge in [-0.2, -0.15) is 0 Å². The van der Waals surface area contributed by atoms with Crippen LogP contribution in [0.5, 0.6) is 0 Å². The summed E-state index contributed by atoms with van der Waals surface area (Å²) in [5.41, 5.74) is 1.50. The van der Waals surface area contributed by atoms with E-state index in [1.165, 1.54) is 18.1 Å². The Hall–Kier alpha value is -0.600. The van der Waals surface area contributed by atoms with Crippen LogP contribution < -0.4 is 0 Å². The molecular weight excluding hydrogens is 213 g/mol. The third-order valence-corrected chi connectivity index (χ3v) is 4.10. The summed E-state index contributed by atoms with van der Waals surface area (Å²) in [6.45, 7) is 2.24. The summed E-state index contributed by atoms with van der Waals surface area (Å²) in [4.78, 5) is 2.34. The van der Waals surface area contributed by atoms with E-state index in [1.807, 2.05) is 6.07 Å². The maximum Gasteiger partial charge on any atom is 0.141 e. The Labute approximate surface area is 93.8 Å². The molecule has 2 aliphatic rings. The summed E-state index contributed by atoms with van der Waals surface area (Å²) < 4.78 is 13.1. The Morgan fingerprint density at radius 2 is 2.33 bits per heavy atom. The summed E-state index contributed by atoms with van der Waals surface area (Å²) in [5.74, 6) is 0.435. The van der Waals surface area contributed by atoms with Crippen molar-refractivity contribution in [3.8, 4) is 0 Å². The molecule has 0 amide bonds. The lowest BCUT2D eigenvalue weighted by Gasteiger charge is -2.16. The Bertz CT molecular complexity index is 420. The average molecular weight is 226 g/mol. The van der Waals surface area contributed by atoms with Crippen LogP contribution >= 0.6 is 11.6 Å². The van der Waals surface area contributed by atoms with E-state index in [-0.39, 0.29) is 16.3 Å². The van der Waals surface area contributed by atoms with Gasteiger partial charge in [-0.05, 0) is 37.1 Å². The molecule has 0 spiro atoms. The summed E-state index contributed by atoms with van der Waals surface area (Å²) in [6.07, 6.45) is 1.24. The molecule has 0 bridgehead atoms. The normalized spacial score (nSPS) is 34.2. The van der Waals surface area contributed by atoms with Crippen molar-refractivity contribution in [1.82, 2.24) is 4.90 Å². The number of rotatable bonds is 1. The molecule has 1 saturated heterocycles. The molecule has 2 atom stereocenters. The molecule has 0 N–H and O–H groups in total. The van der Waals surface area contributed by atoms with Crippen LogP contribution in [-0.2, 0) is 5.41 Å². The minimum Gasteiger partial charge on any atom is -0.305 e. The van der Waals surface area contributed by atoms with E-state index in [1.54, 1.807) is 6.07 Å². The number of halogens is 2. The molecule has 1 aromatic carbocycles. The minimum atomic E-state index is -0.319. The van der Waals surface area contributed by atoms with Crippen LogP contribution in [0.2, 0.25) is 5.02 Å². The first kappa shape index (κ1) is 9.61. The SMILES string of the molecule is CN1C[C@H]2C[C@@]2(c2ccc(F)c(Cl)c2)C1. The van der Waals surface area contributed by atoms with Gasteiger partial charge in [0.15, 0.2) is 0 Å². The van der Waals surface area contributed by atoms with E-state index in [4.69, 9.17) is 11.6 Å². The van der Waals surface area contributed by atoms with Gasteiger partial charge in [0.1, 0.15) is 5.82 Å². The number of nitrogens with zero attached hydrogens (tertiary/aromatic N) is 1. The van der Waals surface area contributed by atoms with Crippen molar-refractivity contribution in [2.75, 3.05) is 20.1 Å². The average Bonchev–Trinajstić information content (AvgIpc) is 2.75. The Morgan fingerprint density at radius 3 is 2.93 bits per heavy atom. The fraction of sp³-hybridized carbons (Fsp3) is 0.500. The molecule has 1 aliphatic heterocycles. The number of likely N-dealkylation sites (tertiary alicyclic amines) is 1. The molecule has 0 aromatic heterocycles. The standard InChI is InChI=1S/C12H13ClFN/c1-15-6-9-5-12(9,7-15)8-2-3-11(14)10(13)4-8/h2-4,9H,5-7H2,1H3/t9-,12+/m1/s1. The van der Waals surface area contributed by atoms with Gasteiger partial charge in [0.2, 0.25) is 0 Å². The lowest BCUT2D eigenvalue weighted by Crippen LogP contribution is -2.22. The molecule has 3 rings (SSSR count). The van der Waals surface area contributed by atoms with Crippen molar-refractivity contribution >= 4 is 11.6 Å². The third-order valence-electron chi connectivity index (χ3n) is 3.81. The van der Waals surface area contributed by atoms with E-state index in [9.17, 15) is 4.39 Å². The number of fused-ring (bicyclic) bond motifs is 1. The largest absolute Gasteiger partial charge is 0.305 e. The van der Waals surface area contributed by atoms with Crippen LogP contribution in [0.4, 0.5) is 4.39 Å². The molecule has 80 valence electrons. The molecule has 3 heteroatoms. The molecule has 15 heavy (non-hydrogen) atoms. The smallest absolute Gasteiger partial charge is 0.141 e. The van der Waals surface area contributed by atoms with Gasteiger partial charge in [0.25, 0.3) is 0 Å². The number of benzene rings is 1. The molecule has 1 nitrogen and oxygen atoms in total. The second-order valence-electron chi connectivity index (χ2n) is 4.88. The second kappa shape index (κ2) is 2.96. The van der Waals surface area contributed by atoms with Gasteiger partial charge < -0.3 is 4.90 Å². The molecule has 0 radical (unpaired) electrons. The summed E-state index contributed by atoms with van der Waals surface area (Å²) in [5, 5.41) is 0.252.